The van der Waals surface area contributed by atoms with E-state index >= 15 is 0 Å². The molecule has 4 aromatic carbocycles. The number of carbonyl (C=O) groups is 1. The lowest BCUT2D eigenvalue weighted by atomic mass is 9.82. The summed E-state index contributed by atoms with van der Waals surface area (Å²) in [6.07, 6.45) is -5.66. The zero-order valence-electron chi connectivity index (χ0n) is 33.8. The number of halogens is 3. The van der Waals surface area contributed by atoms with Crippen LogP contribution in [0.3, 0.4) is 0 Å². The summed E-state index contributed by atoms with van der Waals surface area (Å²) in [6.45, 7) is 13.4. The van der Waals surface area contributed by atoms with E-state index in [0.29, 0.717) is 38.9 Å². The van der Waals surface area contributed by atoms with E-state index in [-0.39, 0.29) is 18.1 Å². The third kappa shape index (κ3) is 10.6. The third-order valence-corrected chi connectivity index (χ3v) is 13.6. The number of benzene rings is 4. The van der Waals surface area contributed by atoms with Gasteiger partial charge in [-0.1, -0.05) is 99.6 Å². The number of carbonyl (C=O) groups excluding carboxylic acids is 1. The van der Waals surface area contributed by atoms with E-state index < -0.39 is 55.0 Å². The Morgan fingerprint density at radius 3 is 2.12 bits per heavy atom. The number of non-ortho nitro benzene ring substituents is 1. The van der Waals surface area contributed by atoms with Gasteiger partial charge in [-0.05, 0) is 45.5 Å². The van der Waals surface area contributed by atoms with Crippen molar-refractivity contribution in [2.75, 3.05) is 66.1 Å². The molecule has 14 heteroatoms. The van der Waals surface area contributed by atoms with Crippen molar-refractivity contribution >= 4 is 31.0 Å². The Morgan fingerprint density at radius 2 is 1.53 bits per heavy atom. The van der Waals surface area contributed by atoms with Gasteiger partial charge in [-0.3, -0.25) is 24.7 Å². The maximum Gasteiger partial charge on any atom is 0.416 e. The van der Waals surface area contributed by atoms with Crippen molar-refractivity contribution in [1.82, 2.24) is 14.7 Å². The van der Waals surface area contributed by atoms with Crippen LogP contribution in [0.15, 0.2) is 97.1 Å². The molecule has 3 atom stereocenters. The highest BCUT2D eigenvalue weighted by atomic mass is 28.3. The quantitative estimate of drug-likeness (QED) is 0.0924. The molecule has 1 amide bonds. The summed E-state index contributed by atoms with van der Waals surface area (Å²) in [5, 5.41) is 13.9. The number of alkyl halides is 3. The van der Waals surface area contributed by atoms with Crippen LogP contribution >= 0.6 is 0 Å². The molecular weight excluding hydrogens is 766 g/mol. The topological polar surface area (TPSA) is 97.6 Å². The summed E-state index contributed by atoms with van der Waals surface area (Å²) >= 11 is 0. The Labute approximate surface area is 340 Å². The van der Waals surface area contributed by atoms with Crippen LogP contribution in [-0.4, -0.2) is 113 Å². The summed E-state index contributed by atoms with van der Waals surface area (Å²) in [7, 11) is -0.853. The minimum atomic E-state index is -4.90. The molecule has 0 radical (unpaired) electrons. The second-order valence-corrected chi connectivity index (χ2v) is 18.6. The lowest BCUT2D eigenvalue weighted by Gasteiger charge is -2.46. The summed E-state index contributed by atoms with van der Waals surface area (Å²) in [5.41, 5.74) is 0.372. The van der Waals surface area contributed by atoms with Gasteiger partial charge in [0, 0.05) is 70.6 Å². The number of piperazine rings is 1. The van der Waals surface area contributed by atoms with E-state index in [4.69, 9.17) is 13.9 Å². The first-order valence-electron chi connectivity index (χ1n) is 19.7. The monoisotopic (exact) mass is 818 g/mol. The van der Waals surface area contributed by atoms with Gasteiger partial charge in [0.1, 0.15) is 0 Å². The SMILES string of the molecule is COC[C@@H]1CN(CCN2CCN(C(=O)c3cc([N+](=O)[O-])cc(C(F)(F)F)c3)[C@@H](C(O[SiH](c3ccccc3)c3ccccc3)c3ccc(C)c(C(C)(C)C)c3)C2)CCO1. The fourth-order valence-corrected chi connectivity index (χ4v) is 10.5. The summed E-state index contributed by atoms with van der Waals surface area (Å²) in [5.74, 6) is -0.719. The Kier molecular flexibility index (Phi) is 13.9. The zero-order valence-corrected chi connectivity index (χ0v) is 34.9. The van der Waals surface area contributed by atoms with E-state index in [1.807, 2.05) is 66.7 Å². The molecule has 2 saturated heterocycles. The van der Waals surface area contributed by atoms with Crippen molar-refractivity contribution in [2.45, 2.75) is 57.5 Å². The number of nitro benzene ring substituents is 1. The van der Waals surface area contributed by atoms with Gasteiger partial charge in [-0.2, -0.15) is 13.2 Å². The van der Waals surface area contributed by atoms with Crippen molar-refractivity contribution in [3.63, 3.8) is 0 Å². The number of nitro groups is 1. The molecule has 58 heavy (non-hydrogen) atoms. The summed E-state index contributed by atoms with van der Waals surface area (Å²) < 4.78 is 61.1. The first-order chi connectivity index (χ1) is 27.6. The van der Waals surface area contributed by atoms with Gasteiger partial charge in [0.15, 0.2) is 0 Å². The molecule has 2 aliphatic heterocycles. The molecule has 0 saturated carbocycles. The molecule has 0 spiro atoms. The van der Waals surface area contributed by atoms with Crippen LogP contribution in [-0.2, 0) is 25.5 Å². The van der Waals surface area contributed by atoms with E-state index in [1.54, 1.807) is 12.0 Å². The fraction of sp³-hybridized carbons (Fsp3) is 0.432. The van der Waals surface area contributed by atoms with Gasteiger partial charge in [-0.15, -0.1) is 0 Å². The second-order valence-electron chi connectivity index (χ2n) is 16.2. The van der Waals surface area contributed by atoms with Crippen molar-refractivity contribution in [3.05, 3.63) is 135 Å². The molecule has 0 aliphatic carbocycles. The van der Waals surface area contributed by atoms with Gasteiger partial charge in [0.2, 0.25) is 9.04 Å². The molecule has 2 fully saturated rings. The maximum absolute atomic E-state index is 14.8. The standard InChI is InChI=1S/C44H53F3N4O6Si/c1-31-16-17-32(26-39(31)43(2,3)4)41(57-58(37-12-8-6-9-13-37)38-14-10-7-11-15-38)40-29-48(18-19-49-22-23-56-36(28-49)30-55-5)20-21-50(40)42(52)33-24-34(44(45,46)47)27-35(25-33)51(53)54/h6-17,24-27,36,40-41,58H,18-23,28-30H2,1-5H3/t36-,40+,41?/m0/s1. The average Bonchev–Trinajstić information content (AvgIpc) is 3.20. The van der Waals surface area contributed by atoms with Crippen molar-refractivity contribution in [3.8, 4) is 0 Å². The van der Waals surface area contributed by atoms with Crippen molar-refractivity contribution in [1.29, 1.82) is 0 Å². The molecule has 10 nitrogen and oxygen atoms in total. The Bertz CT molecular complexity index is 1970. The van der Waals surface area contributed by atoms with Crippen LogP contribution in [0, 0.1) is 17.0 Å². The van der Waals surface area contributed by atoms with E-state index in [1.165, 1.54) is 0 Å². The minimum absolute atomic E-state index is 0.0355. The number of ether oxygens (including phenoxy) is 2. The van der Waals surface area contributed by atoms with Gasteiger partial charge >= 0.3 is 6.18 Å². The van der Waals surface area contributed by atoms with Crippen molar-refractivity contribution in [2.24, 2.45) is 0 Å². The number of nitrogens with zero attached hydrogens (tertiary/aromatic N) is 4. The number of hydrogen-bond acceptors (Lipinski definition) is 8. The number of rotatable bonds is 13. The number of hydrogen-bond donors (Lipinski definition) is 0. The lowest BCUT2D eigenvalue weighted by Crippen LogP contribution is -2.60. The molecular formula is C44H53F3N4O6Si. The van der Waals surface area contributed by atoms with Crippen LogP contribution in [0.2, 0.25) is 0 Å². The van der Waals surface area contributed by atoms with Crippen molar-refractivity contribution < 1.29 is 36.8 Å². The molecule has 0 aromatic heterocycles. The van der Waals surface area contributed by atoms with E-state index in [0.717, 1.165) is 58.8 Å². The number of morpholine rings is 1. The molecule has 2 aliphatic rings. The first-order valence-corrected chi connectivity index (χ1v) is 21.3. The maximum atomic E-state index is 14.8. The van der Waals surface area contributed by atoms with Gasteiger partial charge in [0.25, 0.3) is 11.6 Å². The Hall–Kier alpha value is -4.44. The molecule has 4 aromatic rings. The van der Waals surface area contributed by atoms with Crippen LogP contribution in [0.4, 0.5) is 18.9 Å². The smallest absolute Gasteiger partial charge is 0.402 e. The van der Waals surface area contributed by atoms with Crippen LogP contribution in [0.25, 0.3) is 0 Å². The molecule has 1 unspecified atom stereocenters. The number of aryl methyl sites for hydroxylation is 1. The highest BCUT2D eigenvalue weighted by Gasteiger charge is 2.41. The molecule has 0 N–H and O–H groups in total. The predicted molar refractivity (Wildman–Crippen MR) is 220 cm³/mol. The van der Waals surface area contributed by atoms with Gasteiger partial charge in [0.05, 0.1) is 42.0 Å². The molecule has 2 heterocycles. The van der Waals surface area contributed by atoms with Crippen LogP contribution in [0.5, 0.6) is 0 Å². The van der Waals surface area contributed by atoms with E-state index in [2.05, 4.69) is 49.6 Å². The summed E-state index contributed by atoms with van der Waals surface area (Å²) in [4.78, 5) is 31.9. The first kappa shape index (κ1) is 43.1. The number of amides is 1. The Balaban J connectivity index is 1.46. The summed E-state index contributed by atoms with van der Waals surface area (Å²) in [6, 6.07) is 27.7. The molecule has 310 valence electrons. The lowest BCUT2D eigenvalue weighted by molar-refractivity contribution is -0.385. The minimum Gasteiger partial charge on any atom is -0.402 e. The highest BCUT2D eigenvalue weighted by Crippen LogP contribution is 2.36. The fourth-order valence-electron chi connectivity index (χ4n) is 8.07. The highest BCUT2D eigenvalue weighted by molar-refractivity contribution is 6.80. The normalized spacial score (nSPS) is 19.0. The average molecular weight is 819 g/mol. The molecule has 0 bridgehead atoms. The Morgan fingerprint density at radius 1 is 0.897 bits per heavy atom. The number of methoxy groups -OCH3 is 1. The van der Waals surface area contributed by atoms with Crippen LogP contribution in [0.1, 0.15) is 59.5 Å². The third-order valence-electron chi connectivity index (χ3n) is 11.0. The van der Waals surface area contributed by atoms with Crippen LogP contribution < -0.4 is 10.4 Å². The van der Waals surface area contributed by atoms with E-state index in [9.17, 15) is 28.1 Å². The van der Waals surface area contributed by atoms with Gasteiger partial charge < -0.3 is 18.8 Å². The molecule has 6 rings (SSSR count). The zero-order chi connectivity index (χ0) is 41.6. The van der Waals surface area contributed by atoms with Gasteiger partial charge in [-0.25, -0.2) is 0 Å². The predicted octanol–water partition coefficient (Wildman–Crippen LogP) is 5.99. The second kappa shape index (κ2) is 18.6. The largest absolute Gasteiger partial charge is 0.416 e.